The molecule has 1 heterocycles. The molecule has 0 bridgehead atoms. The van der Waals surface area contributed by atoms with Gasteiger partial charge in [0.2, 0.25) is 0 Å². The predicted molar refractivity (Wildman–Crippen MR) is 77.1 cm³/mol. The Bertz CT molecular complexity index is 440. The third kappa shape index (κ3) is 4.13. The Balaban J connectivity index is 2.55. The average molecular weight is 285 g/mol. The van der Waals surface area contributed by atoms with Crippen LogP contribution in [-0.2, 0) is 4.74 Å². The lowest BCUT2D eigenvalue weighted by molar-refractivity contribution is 0.0529. The van der Waals surface area contributed by atoms with Gasteiger partial charge in [0.15, 0.2) is 5.82 Å². The van der Waals surface area contributed by atoms with Gasteiger partial charge >= 0.3 is 5.97 Å². The highest BCUT2D eigenvalue weighted by Crippen LogP contribution is 2.27. The average Bonchev–Trinajstić information content (AvgIpc) is 2.71. The predicted octanol–water partition coefficient (Wildman–Crippen LogP) is 1.68. The molecular formula is C11H15N3O2S2. The van der Waals surface area contributed by atoms with Crippen molar-refractivity contribution in [2.75, 3.05) is 35.7 Å². The Morgan fingerprint density at radius 3 is 3.17 bits per heavy atom. The number of nitrogen functional groups attached to an aromatic ring is 1. The van der Waals surface area contributed by atoms with Gasteiger partial charge in [0.05, 0.1) is 12.4 Å². The van der Waals surface area contributed by atoms with Crippen molar-refractivity contribution in [2.45, 2.75) is 6.92 Å². The van der Waals surface area contributed by atoms with Gasteiger partial charge in [0.25, 0.3) is 0 Å². The highest BCUT2D eigenvalue weighted by Gasteiger charge is 2.19. The molecule has 98 valence electrons. The number of nitrogens with two attached hydrogens (primary N) is 1. The summed E-state index contributed by atoms with van der Waals surface area (Å²) in [4.78, 5) is 11.7. The van der Waals surface area contributed by atoms with Gasteiger partial charge in [0.1, 0.15) is 10.6 Å². The smallest absolute Gasteiger partial charge is 0.344 e. The maximum absolute atomic E-state index is 11.7. The van der Waals surface area contributed by atoms with Crippen LogP contribution in [0.15, 0.2) is 0 Å². The van der Waals surface area contributed by atoms with E-state index in [4.69, 9.17) is 16.9 Å². The van der Waals surface area contributed by atoms with E-state index in [0.29, 0.717) is 29.5 Å². The topological polar surface area (TPSA) is 77.2 Å². The van der Waals surface area contributed by atoms with Crippen molar-refractivity contribution in [3.8, 4) is 12.3 Å². The lowest BCUT2D eigenvalue weighted by Gasteiger charge is -2.06. The summed E-state index contributed by atoms with van der Waals surface area (Å²) < 4.78 is 8.88. The molecule has 0 atom stereocenters. The van der Waals surface area contributed by atoms with Crippen LogP contribution in [0.1, 0.15) is 17.3 Å². The zero-order chi connectivity index (χ0) is 13.4. The van der Waals surface area contributed by atoms with Crippen molar-refractivity contribution in [1.29, 1.82) is 0 Å². The van der Waals surface area contributed by atoms with Crippen LogP contribution in [0, 0.1) is 12.3 Å². The summed E-state index contributed by atoms with van der Waals surface area (Å²) in [7, 11) is 0. The number of anilines is 2. The normalized spacial score (nSPS) is 9.78. The molecule has 0 aliphatic carbocycles. The number of carbonyl (C=O) groups is 1. The zero-order valence-electron chi connectivity index (χ0n) is 10.1. The highest BCUT2D eigenvalue weighted by molar-refractivity contribution is 7.99. The number of hydrogen-bond acceptors (Lipinski definition) is 7. The molecule has 3 N–H and O–H groups in total. The summed E-state index contributed by atoms with van der Waals surface area (Å²) in [5, 5.41) is 3.76. The van der Waals surface area contributed by atoms with E-state index in [2.05, 4.69) is 15.6 Å². The summed E-state index contributed by atoms with van der Waals surface area (Å²) in [6, 6.07) is 0. The third-order valence-corrected chi connectivity index (χ3v) is 3.60. The van der Waals surface area contributed by atoms with Gasteiger partial charge < -0.3 is 15.8 Å². The van der Waals surface area contributed by atoms with Crippen molar-refractivity contribution < 1.29 is 9.53 Å². The molecule has 0 amide bonds. The number of esters is 1. The fourth-order valence-corrected chi connectivity index (χ4v) is 2.43. The van der Waals surface area contributed by atoms with E-state index in [0.717, 1.165) is 17.3 Å². The van der Waals surface area contributed by atoms with E-state index < -0.39 is 5.97 Å². The molecule has 1 rings (SSSR count). The number of terminal acetylenes is 1. The summed E-state index contributed by atoms with van der Waals surface area (Å²) in [5.41, 5.74) is 5.97. The van der Waals surface area contributed by atoms with E-state index in [1.54, 1.807) is 18.7 Å². The van der Waals surface area contributed by atoms with Crippen LogP contribution in [0.3, 0.4) is 0 Å². The Morgan fingerprint density at radius 1 is 1.72 bits per heavy atom. The minimum atomic E-state index is -0.442. The molecule has 1 aromatic rings. The molecule has 18 heavy (non-hydrogen) atoms. The fraction of sp³-hybridized carbons (Fsp3) is 0.455. The van der Waals surface area contributed by atoms with Gasteiger partial charge in [-0.3, -0.25) is 0 Å². The molecule has 0 radical (unpaired) electrons. The van der Waals surface area contributed by atoms with Gasteiger partial charge in [0, 0.05) is 12.3 Å². The number of thioether (sulfide) groups is 1. The fourth-order valence-electron chi connectivity index (χ4n) is 1.19. The monoisotopic (exact) mass is 285 g/mol. The molecule has 0 saturated carbocycles. The lowest BCUT2D eigenvalue weighted by Crippen LogP contribution is -2.11. The van der Waals surface area contributed by atoms with Crippen LogP contribution in [0.4, 0.5) is 10.8 Å². The van der Waals surface area contributed by atoms with Gasteiger partial charge in [-0.05, 0) is 18.5 Å². The van der Waals surface area contributed by atoms with Gasteiger partial charge in [-0.15, -0.1) is 18.2 Å². The van der Waals surface area contributed by atoms with Gasteiger partial charge in [-0.1, -0.05) is 5.92 Å². The molecule has 0 aromatic carbocycles. The zero-order valence-corrected chi connectivity index (χ0v) is 11.7. The van der Waals surface area contributed by atoms with Gasteiger partial charge in [-0.25, -0.2) is 4.79 Å². The van der Waals surface area contributed by atoms with Crippen LogP contribution >= 0.6 is 23.3 Å². The second-order valence-corrected chi connectivity index (χ2v) is 5.05. The van der Waals surface area contributed by atoms with E-state index in [9.17, 15) is 4.79 Å². The molecule has 1 aromatic heterocycles. The Labute approximate surface area is 115 Å². The number of carbonyl (C=O) groups excluding carboxylic acids is 1. The van der Waals surface area contributed by atoms with E-state index in [1.807, 2.05) is 0 Å². The van der Waals surface area contributed by atoms with Crippen molar-refractivity contribution in [3.05, 3.63) is 5.56 Å². The first kappa shape index (κ1) is 14.7. The molecular weight excluding hydrogens is 270 g/mol. The number of ether oxygens (including phenoxy) is 1. The first-order valence-corrected chi connectivity index (χ1v) is 7.30. The van der Waals surface area contributed by atoms with Crippen LogP contribution in [0.5, 0.6) is 0 Å². The quantitative estimate of drug-likeness (QED) is 0.451. The minimum absolute atomic E-state index is 0.206. The lowest BCUT2D eigenvalue weighted by atomic mass is 10.3. The largest absolute Gasteiger partial charge is 0.462 e. The Hall–Kier alpha value is -1.39. The molecule has 0 saturated heterocycles. The molecule has 0 unspecified atom stereocenters. The van der Waals surface area contributed by atoms with Crippen molar-refractivity contribution in [1.82, 2.24) is 4.37 Å². The number of aromatic nitrogens is 1. The minimum Gasteiger partial charge on any atom is -0.462 e. The summed E-state index contributed by atoms with van der Waals surface area (Å²) in [6.45, 7) is 2.75. The number of rotatable bonds is 7. The highest BCUT2D eigenvalue weighted by atomic mass is 32.2. The second kappa shape index (κ2) is 7.84. The molecule has 5 nitrogen and oxygen atoms in total. The van der Waals surface area contributed by atoms with E-state index >= 15 is 0 Å². The van der Waals surface area contributed by atoms with Crippen LogP contribution < -0.4 is 11.1 Å². The summed E-state index contributed by atoms with van der Waals surface area (Å²) in [6.07, 6.45) is 5.15. The maximum atomic E-state index is 11.7. The molecule has 0 fully saturated rings. The molecule has 0 aliphatic rings. The summed E-state index contributed by atoms with van der Waals surface area (Å²) in [5.74, 6) is 3.84. The molecule has 0 spiro atoms. The summed E-state index contributed by atoms with van der Waals surface area (Å²) >= 11 is 2.80. The number of nitrogens with one attached hydrogen (secondary N) is 1. The first-order chi connectivity index (χ1) is 8.70. The number of hydrogen-bond donors (Lipinski definition) is 2. The van der Waals surface area contributed by atoms with Crippen molar-refractivity contribution in [2.24, 2.45) is 0 Å². The third-order valence-electron chi connectivity index (χ3n) is 1.92. The van der Waals surface area contributed by atoms with E-state index in [-0.39, 0.29) is 5.82 Å². The Kier molecular flexibility index (Phi) is 6.39. The second-order valence-electron chi connectivity index (χ2n) is 3.18. The molecule has 7 heteroatoms. The van der Waals surface area contributed by atoms with Crippen molar-refractivity contribution in [3.63, 3.8) is 0 Å². The van der Waals surface area contributed by atoms with Crippen LogP contribution in [-0.4, -0.2) is 35.0 Å². The van der Waals surface area contributed by atoms with Crippen LogP contribution in [0.2, 0.25) is 0 Å². The standard InChI is InChI=1S/C11H15N3O2S2/c1-3-6-17-7-5-13-10-8(9(12)14-18-10)11(15)16-4-2/h1,13H,4-7H2,2H3,(H2,12,14). The Morgan fingerprint density at radius 2 is 2.50 bits per heavy atom. The van der Waals surface area contributed by atoms with Crippen molar-refractivity contribution >= 4 is 40.1 Å². The SMILES string of the molecule is C#CCSCCNc1snc(N)c1C(=O)OCC. The maximum Gasteiger partial charge on any atom is 0.344 e. The van der Waals surface area contributed by atoms with Gasteiger partial charge in [-0.2, -0.15) is 4.37 Å². The van der Waals surface area contributed by atoms with Crippen LogP contribution in [0.25, 0.3) is 0 Å². The van der Waals surface area contributed by atoms with E-state index in [1.165, 1.54) is 0 Å². The first-order valence-electron chi connectivity index (χ1n) is 5.38. The number of nitrogens with zero attached hydrogens (tertiary/aromatic N) is 1. The molecule has 0 aliphatic heterocycles.